The summed E-state index contributed by atoms with van der Waals surface area (Å²) in [6, 6.07) is 10.6. The molecule has 2 heterocycles. The maximum Gasteiger partial charge on any atom is 0.248 e. The number of aliphatic hydroxyl groups is 1. The van der Waals surface area contributed by atoms with Crippen LogP contribution in [0.15, 0.2) is 54.9 Å². The minimum Gasteiger partial charge on any atom is -0.493 e. The van der Waals surface area contributed by atoms with Gasteiger partial charge in [0.05, 0.1) is 20.2 Å². The van der Waals surface area contributed by atoms with Gasteiger partial charge in [0.2, 0.25) is 5.91 Å². The summed E-state index contributed by atoms with van der Waals surface area (Å²) in [6.07, 6.45) is 3.57. The molecule has 0 radical (unpaired) electrons. The number of carbonyl (C=O) groups excluding carboxylic acids is 1. The van der Waals surface area contributed by atoms with E-state index < -0.39 is 17.2 Å². The van der Waals surface area contributed by atoms with E-state index in [2.05, 4.69) is 5.10 Å². The van der Waals surface area contributed by atoms with E-state index in [1.165, 1.54) is 18.1 Å². The Kier molecular flexibility index (Phi) is 9.91. The largest absolute Gasteiger partial charge is 0.493 e. The first-order valence-electron chi connectivity index (χ1n) is 12.8. The third kappa shape index (κ3) is 7.90. The van der Waals surface area contributed by atoms with Crippen LogP contribution in [0.3, 0.4) is 0 Å². The van der Waals surface area contributed by atoms with E-state index in [0.717, 1.165) is 17.7 Å². The molecule has 1 amide bonds. The summed E-state index contributed by atoms with van der Waals surface area (Å²) in [5.41, 5.74) is -0.582. The van der Waals surface area contributed by atoms with Crippen molar-refractivity contribution < 1.29 is 37.6 Å². The van der Waals surface area contributed by atoms with Gasteiger partial charge in [0.25, 0.3) is 0 Å². The van der Waals surface area contributed by atoms with Crippen LogP contribution in [-0.4, -0.2) is 96.4 Å². The molecular formula is C28H34F2N4O6. The molecule has 1 atom stereocenters. The molecular weight excluding hydrogens is 526 g/mol. The second-order valence-electron chi connectivity index (χ2n) is 9.65. The van der Waals surface area contributed by atoms with E-state index in [-0.39, 0.29) is 38.0 Å². The first-order valence-corrected chi connectivity index (χ1v) is 12.8. The highest BCUT2D eigenvalue weighted by Gasteiger charge is 2.37. The van der Waals surface area contributed by atoms with Gasteiger partial charge in [-0.15, -0.1) is 0 Å². The number of hydrogen-bond donors (Lipinski definition) is 1. The maximum absolute atomic E-state index is 13.7. The molecule has 1 unspecified atom stereocenters. The molecule has 0 spiro atoms. The van der Waals surface area contributed by atoms with E-state index in [9.17, 15) is 18.7 Å². The van der Waals surface area contributed by atoms with Crippen LogP contribution in [0.1, 0.15) is 5.56 Å². The number of halogens is 2. The molecule has 3 aromatic rings. The second-order valence-corrected chi connectivity index (χ2v) is 9.65. The smallest absolute Gasteiger partial charge is 0.248 e. The fraction of sp³-hybridized carbons (Fsp3) is 0.429. The fourth-order valence-electron chi connectivity index (χ4n) is 4.55. The lowest BCUT2D eigenvalue weighted by Gasteiger charge is -2.33. The molecule has 1 fully saturated rings. The van der Waals surface area contributed by atoms with Crippen LogP contribution in [0.5, 0.6) is 17.2 Å². The highest BCUT2D eigenvalue weighted by molar-refractivity contribution is 5.77. The molecule has 216 valence electrons. The quantitative estimate of drug-likeness (QED) is 0.361. The Hall–Kier alpha value is -3.74. The van der Waals surface area contributed by atoms with Gasteiger partial charge in [0.15, 0.2) is 23.1 Å². The highest BCUT2D eigenvalue weighted by atomic mass is 19.2. The average Bonchev–Trinajstić information content (AvgIpc) is 3.40. The zero-order valence-corrected chi connectivity index (χ0v) is 22.6. The molecule has 1 N–H and O–H groups in total. The Morgan fingerprint density at radius 2 is 1.90 bits per heavy atom. The van der Waals surface area contributed by atoms with Crippen LogP contribution in [-0.2, 0) is 22.6 Å². The number of β-amino-alcohol motifs (C(OH)–C–C–N with tert-alkyl or cyclic N) is 1. The molecule has 0 saturated carbocycles. The van der Waals surface area contributed by atoms with Gasteiger partial charge in [0.1, 0.15) is 31.2 Å². The Morgan fingerprint density at radius 1 is 1.05 bits per heavy atom. The monoisotopic (exact) mass is 560 g/mol. The Morgan fingerprint density at radius 3 is 2.62 bits per heavy atom. The molecule has 4 rings (SSSR count). The van der Waals surface area contributed by atoms with Crippen molar-refractivity contribution in [1.82, 2.24) is 19.6 Å². The van der Waals surface area contributed by atoms with Gasteiger partial charge < -0.3 is 29.0 Å². The number of hydrogen-bond acceptors (Lipinski definition) is 8. The Balaban J connectivity index is 1.45. The molecule has 1 aliphatic rings. The summed E-state index contributed by atoms with van der Waals surface area (Å²) in [6.45, 7) is 2.09. The van der Waals surface area contributed by atoms with Gasteiger partial charge in [0, 0.05) is 51.7 Å². The molecule has 1 saturated heterocycles. The first-order chi connectivity index (χ1) is 19.3. The van der Waals surface area contributed by atoms with E-state index in [4.69, 9.17) is 18.9 Å². The number of aromatic nitrogens is 2. The van der Waals surface area contributed by atoms with Gasteiger partial charge in [-0.3, -0.25) is 14.4 Å². The zero-order chi connectivity index (χ0) is 28.5. The number of amides is 1. The van der Waals surface area contributed by atoms with Crippen molar-refractivity contribution in [3.05, 3.63) is 72.1 Å². The average molecular weight is 561 g/mol. The standard InChI is InChI=1S/C28H34F2N4O6/c1-37-17-27(35)33-11-10-32(18-28(36,19-33)20-40-22-5-6-23(29)24(30)15-22)16-21-4-7-25(26(14-21)38-2)39-13-12-34-9-3-8-31-34/h3-9,14-15,36H,10-13,16-20H2,1-2H3. The lowest BCUT2D eigenvalue weighted by Crippen LogP contribution is -2.52. The van der Waals surface area contributed by atoms with Crippen molar-refractivity contribution in [1.29, 1.82) is 0 Å². The number of methoxy groups -OCH3 is 2. The van der Waals surface area contributed by atoms with Gasteiger partial charge >= 0.3 is 0 Å². The molecule has 1 aromatic heterocycles. The minimum absolute atomic E-state index is 0.0122. The van der Waals surface area contributed by atoms with Crippen molar-refractivity contribution >= 4 is 5.91 Å². The maximum atomic E-state index is 13.7. The molecule has 1 aliphatic heterocycles. The third-order valence-corrected chi connectivity index (χ3v) is 6.48. The van der Waals surface area contributed by atoms with Gasteiger partial charge in [-0.2, -0.15) is 5.10 Å². The van der Waals surface area contributed by atoms with Crippen LogP contribution < -0.4 is 14.2 Å². The molecule has 2 aromatic carbocycles. The van der Waals surface area contributed by atoms with Crippen LogP contribution in [0.4, 0.5) is 8.78 Å². The van der Waals surface area contributed by atoms with E-state index in [1.807, 2.05) is 35.4 Å². The molecule has 0 aliphatic carbocycles. The second kappa shape index (κ2) is 13.6. The normalized spacial score (nSPS) is 17.9. The van der Waals surface area contributed by atoms with Crippen LogP contribution >= 0.6 is 0 Å². The van der Waals surface area contributed by atoms with Gasteiger partial charge in [-0.1, -0.05) is 6.07 Å². The van der Waals surface area contributed by atoms with Crippen molar-refractivity contribution in [2.75, 3.05) is 60.2 Å². The van der Waals surface area contributed by atoms with Crippen molar-refractivity contribution in [3.8, 4) is 17.2 Å². The lowest BCUT2D eigenvalue weighted by atomic mass is 10.0. The number of benzene rings is 2. The third-order valence-electron chi connectivity index (χ3n) is 6.48. The SMILES string of the molecule is COCC(=O)N1CCN(Cc2ccc(OCCn3cccn3)c(OC)c2)CC(O)(COc2ccc(F)c(F)c2)C1. The summed E-state index contributed by atoms with van der Waals surface area (Å²) >= 11 is 0. The summed E-state index contributed by atoms with van der Waals surface area (Å²) < 4.78 is 50.9. The minimum atomic E-state index is -1.50. The van der Waals surface area contributed by atoms with E-state index in [1.54, 1.807) is 18.0 Å². The van der Waals surface area contributed by atoms with Crippen molar-refractivity contribution in [3.63, 3.8) is 0 Å². The highest BCUT2D eigenvalue weighted by Crippen LogP contribution is 2.29. The molecule has 10 nitrogen and oxygen atoms in total. The van der Waals surface area contributed by atoms with E-state index >= 15 is 0 Å². The van der Waals surface area contributed by atoms with Crippen LogP contribution in [0, 0.1) is 11.6 Å². The zero-order valence-electron chi connectivity index (χ0n) is 22.6. The first kappa shape index (κ1) is 29.2. The number of rotatable bonds is 12. The van der Waals surface area contributed by atoms with Gasteiger partial charge in [-0.25, -0.2) is 8.78 Å². The fourth-order valence-corrected chi connectivity index (χ4v) is 4.55. The van der Waals surface area contributed by atoms with Crippen molar-refractivity contribution in [2.45, 2.75) is 18.7 Å². The van der Waals surface area contributed by atoms with E-state index in [0.29, 0.717) is 44.3 Å². The Labute approximate surface area is 231 Å². The lowest BCUT2D eigenvalue weighted by molar-refractivity contribution is -0.138. The molecule has 40 heavy (non-hydrogen) atoms. The molecule has 0 bridgehead atoms. The Bertz CT molecular complexity index is 1260. The predicted molar refractivity (Wildman–Crippen MR) is 141 cm³/mol. The van der Waals surface area contributed by atoms with Gasteiger partial charge in [-0.05, 0) is 35.9 Å². The summed E-state index contributed by atoms with van der Waals surface area (Å²) in [7, 11) is 3.00. The summed E-state index contributed by atoms with van der Waals surface area (Å²) in [4.78, 5) is 16.2. The number of carbonyl (C=O) groups is 1. The summed E-state index contributed by atoms with van der Waals surface area (Å²) in [5.74, 6) is -1.07. The number of ether oxygens (including phenoxy) is 4. The topological polar surface area (TPSA) is 98.5 Å². The van der Waals surface area contributed by atoms with Crippen LogP contribution in [0.2, 0.25) is 0 Å². The number of nitrogens with zero attached hydrogens (tertiary/aromatic N) is 4. The molecule has 12 heteroatoms. The van der Waals surface area contributed by atoms with Crippen molar-refractivity contribution in [2.24, 2.45) is 0 Å². The predicted octanol–water partition coefficient (Wildman–Crippen LogP) is 2.35. The summed E-state index contributed by atoms with van der Waals surface area (Å²) in [5, 5.41) is 15.7. The van der Waals surface area contributed by atoms with Crippen LogP contribution in [0.25, 0.3) is 0 Å².